The van der Waals surface area contributed by atoms with Crippen molar-refractivity contribution in [3.8, 4) is 0 Å². The van der Waals surface area contributed by atoms with Crippen LogP contribution in [0.5, 0.6) is 0 Å². The standard InChI is InChI=1S/C29H31N7O2/c1-20-15-21(2)24-17-25(29(37)30-26(24)16-20)27(28-31-32-33-36(28)19-23-9-6-14-38-23)35-12-10-34(11-13-35)18-22-7-4-3-5-8-22/h3-9,14-17,27H,10-13,18-19H2,1-2H3,(H,30,37). The SMILES string of the molecule is Cc1cc(C)c2cc(C(c3nnnn3Cc3ccco3)N3CCN(Cc4ccccc4)CC3)c(=O)[nH]c2c1. The van der Waals surface area contributed by atoms with Gasteiger partial charge in [-0.15, -0.1) is 5.10 Å². The van der Waals surface area contributed by atoms with Crippen molar-refractivity contribution in [2.24, 2.45) is 0 Å². The molecule has 1 fully saturated rings. The average Bonchev–Trinajstić information content (AvgIpc) is 3.59. The maximum atomic E-state index is 13.6. The number of aromatic nitrogens is 5. The van der Waals surface area contributed by atoms with Crippen LogP contribution < -0.4 is 5.56 Å². The van der Waals surface area contributed by atoms with Gasteiger partial charge < -0.3 is 9.40 Å². The van der Waals surface area contributed by atoms with Gasteiger partial charge in [0, 0.05) is 49.2 Å². The van der Waals surface area contributed by atoms with Crippen molar-refractivity contribution in [3.63, 3.8) is 0 Å². The van der Waals surface area contributed by atoms with Gasteiger partial charge in [-0.1, -0.05) is 36.4 Å². The molecule has 3 aromatic heterocycles. The van der Waals surface area contributed by atoms with Crippen LogP contribution >= 0.6 is 0 Å². The Balaban J connectivity index is 1.37. The first-order valence-electron chi connectivity index (χ1n) is 13.0. The van der Waals surface area contributed by atoms with Crippen LogP contribution in [0.3, 0.4) is 0 Å². The number of rotatable bonds is 7. The van der Waals surface area contributed by atoms with Gasteiger partial charge in [-0.25, -0.2) is 4.68 Å². The van der Waals surface area contributed by atoms with Gasteiger partial charge >= 0.3 is 0 Å². The lowest BCUT2D eigenvalue weighted by Crippen LogP contribution is -2.48. The zero-order chi connectivity index (χ0) is 26.1. The molecule has 0 aliphatic carbocycles. The van der Waals surface area contributed by atoms with Crippen LogP contribution in [0.2, 0.25) is 0 Å². The van der Waals surface area contributed by atoms with Crippen molar-refractivity contribution in [2.45, 2.75) is 33.0 Å². The summed E-state index contributed by atoms with van der Waals surface area (Å²) >= 11 is 0. The third kappa shape index (κ3) is 4.90. The number of piperazine rings is 1. The monoisotopic (exact) mass is 509 g/mol. The van der Waals surface area contributed by atoms with Crippen molar-refractivity contribution < 1.29 is 4.42 Å². The number of nitrogens with one attached hydrogen (secondary N) is 1. The summed E-state index contributed by atoms with van der Waals surface area (Å²) in [7, 11) is 0. The van der Waals surface area contributed by atoms with Crippen LogP contribution in [0, 0.1) is 13.8 Å². The summed E-state index contributed by atoms with van der Waals surface area (Å²) in [4.78, 5) is 21.5. The van der Waals surface area contributed by atoms with Crippen LogP contribution in [-0.4, -0.2) is 61.2 Å². The van der Waals surface area contributed by atoms with Gasteiger partial charge in [0.1, 0.15) is 18.3 Å². The van der Waals surface area contributed by atoms with E-state index in [9.17, 15) is 4.79 Å². The van der Waals surface area contributed by atoms with Crippen molar-refractivity contribution in [3.05, 3.63) is 111 Å². The molecule has 4 heterocycles. The number of nitrogens with zero attached hydrogens (tertiary/aromatic N) is 6. The van der Waals surface area contributed by atoms with E-state index >= 15 is 0 Å². The second-order valence-corrected chi connectivity index (χ2v) is 10.1. The second kappa shape index (κ2) is 10.4. The molecule has 0 amide bonds. The molecule has 1 saturated heterocycles. The summed E-state index contributed by atoms with van der Waals surface area (Å²) in [6.07, 6.45) is 1.64. The second-order valence-electron chi connectivity index (χ2n) is 10.1. The summed E-state index contributed by atoms with van der Waals surface area (Å²) in [6, 6.07) is 20.1. The van der Waals surface area contributed by atoms with Crippen LogP contribution in [0.4, 0.5) is 0 Å². The number of aromatic amines is 1. The first-order chi connectivity index (χ1) is 18.5. The lowest BCUT2D eigenvalue weighted by atomic mass is 9.99. The highest BCUT2D eigenvalue weighted by atomic mass is 16.3. The fourth-order valence-electron chi connectivity index (χ4n) is 5.48. The number of fused-ring (bicyclic) bond motifs is 1. The van der Waals surface area contributed by atoms with Gasteiger partial charge in [0.2, 0.25) is 0 Å². The molecule has 1 aliphatic heterocycles. The quantitative estimate of drug-likeness (QED) is 0.358. The lowest BCUT2D eigenvalue weighted by Gasteiger charge is -2.38. The Kier molecular flexibility index (Phi) is 6.61. The molecular weight excluding hydrogens is 478 g/mol. The van der Waals surface area contributed by atoms with Gasteiger partial charge in [0.05, 0.1) is 6.26 Å². The highest BCUT2D eigenvalue weighted by Gasteiger charge is 2.33. The molecule has 0 saturated carbocycles. The number of pyridine rings is 1. The number of hydrogen-bond donors (Lipinski definition) is 1. The molecule has 1 aliphatic rings. The van der Waals surface area contributed by atoms with Crippen molar-refractivity contribution in [1.82, 2.24) is 35.0 Å². The summed E-state index contributed by atoms with van der Waals surface area (Å²) < 4.78 is 7.31. The van der Waals surface area contributed by atoms with E-state index in [1.807, 2.05) is 37.3 Å². The summed E-state index contributed by atoms with van der Waals surface area (Å²) in [6.45, 7) is 8.76. The van der Waals surface area contributed by atoms with E-state index in [0.717, 1.165) is 60.5 Å². The fourth-order valence-corrected chi connectivity index (χ4v) is 5.48. The van der Waals surface area contributed by atoms with Gasteiger partial charge in [-0.2, -0.15) is 0 Å². The zero-order valence-electron chi connectivity index (χ0n) is 21.7. The Morgan fingerprint density at radius 1 is 0.974 bits per heavy atom. The Hall–Kier alpha value is -4.08. The van der Waals surface area contributed by atoms with Crippen LogP contribution in [0.25, 0.3) is 10.9 Å². The lowest BCUT2D eigenvalue weighted by molar-refractivity contribution is 0.0997. The van der Waals surface area contributed by atoms with Crippen molar-refractivity contribution in [1.29, 1.82) is 0 Å². The molecule has 1 N–H and O–H groups in total. The molecule has 6 rings (SSSR count). The largest absolute Gasteiger partial charge is 0.467 e. The summed E-state index contributed by atoms with van der Waals surface area (Å²) in [5, 5.41) is 13.8. The van der Waals surface area contributed by atoms with Crippen molar-refractivity contribution in [2.75, 3.05) is 26.2 Å². The molecule has 0 spiro atoms. The summed E-state index contributed by atoms with van der Waals surface area (Å²) in [5.74, 6) is 1.39. The summed E-state index contributed by atoms with van der Waals surface area (Å²) in [5.41, 5.74) is 4.92. The molecule has 9 nitrogen and oxygen atoms in total. The predicted molar refractivity (Wildman–Crippen MR) is 145 cm³/mol. The highest BCUT2D eigenvalue weighted by Crippen LogP contribution is 2.29. The number of furan rings is 1. The number of hydrogen-bond acceptors (Lipinski definition) is 7. The number of benzene rings is 2. The maximum Gasteiger partial charge on any atom is 0.253 e. The third-order valence-corrected chi connectivity index (χ3v) is 7.35. The van der Waals surface area contributed by atoms with E-state index in [1.165, 1.54) is 5.56 Å². The molecule has 38 heavy (non-hydrogen) atoms. The average molecular weight is 510 g/mol. The van der Waals surface area contributed by atoms with Crippen LogP contribution in [0.1, 0.15) is 39.9 Å². The van der Waals surface area contributed by atoms with E-state index in [4.69, 9.17) is 4.42 Å². The molecule has 194 valence electrons. The topological polar surface area (TPSA) is 96.1 Å². The molecule has 9 heteroatoms. The van der Waals surface area contributed by atoms with Crippen LogP contribution in [-0.2, 0) is 13.1 Å². The molecule has 0 bridgehead atoms. The van der Waals surface area contributed by atoms with Crippen molar-refractivity contribution >= 4 is 10.9 Å². The van der Waals surface area contributed by atoms with Gasteiger partial charge in [-0.05, 0) is 65.2 Å². The molecule has 5 aromatic rings. The smallest absolute Gasteiger partial charge is 0.253 e. The Labute approximate surface area is 220 Å². The Morgan fingerprint density at radius 3 is 2.55 bits per heavy atom. The normalized spacial score (nSPS) is 15.7. The van der Waals surface area contributed by atoms with Gasteiger partial charge in [-0.3, -0.25) is 14.6 Å². The maximum absolute atomic E-state index is 13.6. The first-order valence-corrected chi connectivity index (χ1v) is 13.0. The zero-order valence-corrected chi connectivity index (χ0v) is 21.7. The van der Waals surface area contributed by atoms with Gasteiger partial charge in [0.15, 0.2) is 5.82 Å². The number of tetrazole rings is 1. The number of aryl methyl sites for hydroxylation is 2. The third-order valence-electron chi connectivity index (χ3n) is 7.35. The Bertz CT molecular complexity index is 1580. The van der Waals surface area contributed by atoms with E-state index in [0.29, 0.717) is 17.9 Å². The van der Waals surface area contributed by atoms with E-state index in [1.54, 1.807) is 10.9 Å². The van der Waals surface area contributed by atoms with Crippen LogP contribution in [0.15, 0.2) is 76.1 Å². The number of H-pyrrole nitrogens is 1. The molecule has 2 aromatic carbocycles. The predicted octanol–water partition coefficient (Wildman–Crippen LogP) is 3.68. The van der Waals surface area contributed by atoms with Gasteiger partial charge in [0.25, 0.3) is 5.56 Å². The molecule has 0 radical (unpaired) electrons. The minimum atomic E-state index is -0.396. The minimum Gasteiger partial charge on any atom is -0.467 e. The van der Waals surface area contributed by atoms with E-state index in [2.05, 4.69) is 67.6 Å². The first kappa shape index (κ1) is 24.3. The molecule has 1 atom stereocenters. The highest BCUT2D eigenvalue weighted by molar-refractivity contribution is 5.83. The fraction of sp³-hybridized carbons (Fsp3) is 0.310. The Morgan fingerprint density at radius 2 is 1.79 bits per heavy atom. The molecular formula is C29H31N7O2. The van der Waals surface area contributed by atoms with E-state index in [-0.39, 0.29) is 5.56 Å². The minimum absolute atomic E-state index is 0.119. The molecule has 1 unspecified atom stereocenters. The van der Waals surface area contributed by atoms with E-state index < -0.39 is 6.04 Å².